The first-order valence-corrected chi connectivity index (χ1v) is 7.08. The number of hydrogen-bond donors (Lipinski definition) is 2. The maximum atomic E-state index is 12.3. The molecule has 21 heavy (non-hydrogen) atoms. The Bertz CT molecular complexity index is 518. The van der Waals surface area contributed by atoms with E-state index in [1.54, 1.807) is 10.9 Å². The molecule has 7 heteroatoms. The second-order valence-corrected chi connectivity index (χ2v) is 5.72. The van der Waals surface area contributed by atoms with E-state index in [0.29, 0.717) is 31.6 Å². The van der Waals surface area contributed by atoms with Crippen molar-refractivity contribution in [3.8, 4) is 0 Å². The van der Waals surface area contributed by atoms with Crippen molar-refractivity contribution >= 4 is 11.9 Å². The minimum Gasteiger partial charge on any atom is -0.481 e. The second kappa shape index (κ2) is 6.26. The molecule has 1 aliphatic rings. The fraction of sp³-hybridized carbons (Fsp3) is 0.643. The Morgan fingerprint density at radius 2 is 2.14 bits per heavy atom. The van der Waals surface area contributed by atoms with Crippen molar-refractivity contribution in [2.45, 2.75) is 44.7 Å². The van der Waals surface area contributed by atoms with Gasteiger partial charge in [-0.05, 0) is 26.7 Å². The number of hydrogen-bond acceptors (Lipinski definition) is 4. The van der Waals surface area contributed by atoms with Crippen LogP contribution in [0.25, 0.3) is 0 Å². The number of rotatable bonds is 5. The lowest BCUT2D eigenvalue weighted by molar-refractivity contribution is -0.139. The number of nitrogens with one attached hydrogen (secondary N) is 1. The zero-order chi connectivity index (χ0) is 15.5. The molecule has 1 aromatic rings. The van der Waals surface area contributed by atoms with Crippen LogP contribution in [0.15, 0.2) is 12.4 Å². The molecule has 1 saturated heterocycles. The average molecular weight is 295 g/mol. The summed E-state index contributed by atoms with van der Waals surface area (Å²) in [5, 5.41) is 16.1. The molecule has 1 amide bonds. The van der Waals surface area contributed by atoms with E-state index in [4.69, 9.17) is 9.84 Å². The molecule has 2 rings (SSSR count). The van der Waals surface area contributed by atoms with Crippen LogP contribution in [0.3, 0.4) is 0 Å². The number of amides is 1. The molecular formula is C14H21N3O4. The SMILES string of the molecule is CC(C)n1cc(C(=O)NC2(CC(=O)O)CCOCC2)cn1. The summed E-state index contributed by atoms with van der Waals surface area (Å²) in [4.78, 5) is 23.4. The molecule has 2 N–H and O–H groups in total. The van der Waals surface area contributed by atoms with E-state index in [1.165, 1.54) is 6.20 Å². The minimum absolute atomic E-state index is 0.0968. The van der Waals surface area contributed by atoms with E-state index in [-0.39, 0.29) is 18.4 Å². The third-order valence-corrected chi connectivity index (χ3v) is 3.71. The summed E-state index contributed by atoms with van der Waals surface area (Å²) in [5.41, 5.74) is -0.291. The number of carboxylic acids is 1. The highest BCUT2D eigenvalue weighted by atomic mass is 16.5. The van der Waals surface area contributed by atoms with Gasteiger partial charge in [-0.1, -0.05) is 0 Å². The zero-order valence-electron chi connectivity index (χ0n) is 12.3. The number of aliphatic carboxylic acids is 1. The molecule has 116 valence electrons. The first-order valence-electron chi connectivity index (χ1n) is 7.08. The topological polar surface area (TPSA) is 93.5 Å². The van der Waals surface area contributed by atoms with Crippen LogP contribution in [-0.4, -0.2) is 45.5 Å². The van der Waals surface area contributed by atoms with E-state index >= 15 is 0 Å². The van der Waals surface area contributed by atoms with E-state index in [9.17, 15) is 9.59 Å². The van der Waals surface area contributed by atoms with Crippen LogP contribution < -0.4 is 5.32 Å². The number of ether oxygens (including phenoxy) is 1. The molecule has 1 aromatic heterocycles. The molecule has 0 saturated carbocycles. The normalized spacial score (nSPS) is 17.7. The molecule has 0 bridgehead atoms. The highest BCUT2D eigenvalue weighted by Crippen LogP contribution is 2.25. The summed E-state index contributed by atoms with van der Waals surface area (Å²) in [7, 11) is 0. The van der Waals surface area contributed by atoms with Gasteiger partial charge in [-0.15, -0.1) is 0 Å². The van der Waals surface area contributed by atoms with Crippen molar-refractivity contribution in [1.29, 1.82) is 0 Å². The predicted octanol–water partition coefficient (Wildman–Crippen LogP) is 1.22. The van der Waals surface area contributed by atoms with Gasteiger partial charge in [-0.25, -0.2) is 0 Å². The molecule has 0 aliphatic carbocycles. The molecule has 1 fully saturated rings. The van der Waals surface area contributed by atoms with Crippen molar-refractivity contribution in [3.05, 3.63) is 18.0 Å². The lowest BCUT2D eigenvalue weighted by Crippen LogP contribution is -2.53. The highest BCUT2D eigenvalue weighted by Gasteiger charge is 2.36. The summed E-state index contributed by atoms with van der Waals surface area (Å²) in [5.74, 6) is -1.21. The van der Waals surface area contributed by atoms with Gasteiger partial charge in [-0.3, -0.25) is 14.3 Å². The standard InChI is InChI=1S/C14H21N3O4/c1-10(2)17-9-11(8-15-17)13(20)16-14(7-12(18)19)3-5-21-6-4-14/h8-10H,3-7H2,1-2H3,(H,16,20)(H,18,19). The Labute approximate surface area is 123 Å². The van der Waals surface area contributed by atoms with Crippen molar-refractivity contribution in [2.24, 2.45) is 0 Å². The molecule has 0 aromatic carbocycles. The van der Waals surface area contributed by atoms with Crippen LogP contribution in [0.1, 0.15) is 49.5 Å². The lowest BCUT2D eigenvalue weighted by atomic mass is 9.86. The van der Waals surface area contributed by atoms with Gasteiger partial charge in [0.05, 0.1) is 23.7 Å². The van der Waals surface area contributed by atoms with E-state index < -0.39 is 11.5 Å². The summed E-state index contributed by atoms with van der Waals surface area (Å²) >= 11 is 0. The van der Waals surface area contributed by atoms with E-state index in [0.717, 1.165) is 0 Å². The summed E-state index contributed by atoms with van der Waals surface area (Å²) in [6, 6.07) is 0.169. The molecule has 0 radical (unpaired) electrons. The molecule has 0 atom stereocenters. The van der Waals surface area contributed by atoms with Crippen LogP contribution in [0.5, 0.6) is 0 Å². The third-order valence-electron chi connectivity index (χ3n) is 3.71. The third kappa shape index (κ3) is 3.81. The quantitative estimate of drug-likeness (QED) is 0.852. The fourth-order valence-electron chi connectivity index (χ4n) is 2.45. The van der Waals surface area contributed by atoms with Gasteiger partial charge in [0.1, 0.15) is 0 Å². The van der Waals surface area contributed by atoms with Gasteiger partial charge in [0.25, 0.3) is 5.91 Å². The van der Waals surface area contributed by atoms with Gasteiger partial charge in [0.2, 0.25) is 0 Å². The van der Waals surface area contributed by atoms with Crippen LogP contribution in [0, 0.1) is 0 Å². The van der Waals surface area contributed by atoms with Crippen LogP contribution in [0.4, 0.5) is 0 Å². The minimum atomic E-state index is -0.921. The molecule has 0 unspecified atom stereocenters. The van der Waals surface area contributed by atoms with Crippen LogP contribution in [0.2, 0.25) is 0 Å². The van der Waals surface area contributed by atoms with Gasteiger partial charge in [0, 0.05) is 25.5 Å². The lowest BCUT2D eigenvalue weighted by Gasteiger charge is -2.36. The number of aromatic nitrogens is 2. The van der Waals surface area contributed by atoms with E-state index in [1.807, 2.05) is 13.8 Å². The highest BCUT2D eigenvalue weighted by molar-refractivity contribution is 5.94. The molecule has 2 heterocycles. The van der Waals surface area contributed by atoms with Gasteiger partial charge in [-0.2, -0.15) is 5.10 Å². The second-order valence-electron chi connectivity index (χ2n) is 5.72. The average Bonchev–Trinajstić information content (AvgIpc) is 2.88. The van der Waals surface area contributed by atoms with Crippen molar-refractivity contribution < 1.29 is 19.4 Å². The van der Waals surface area contributed by atoms with Crippen molar-refractivity contribution in [1.82, 2.24) is 15.1 Å². The number of carbonyl (C=O) groups is 2. The van der Waals surface area contributed by atoms with Crippen molar-refractivity contribution in [2.75, 3.05) is 13.2 Å². The van der Waals surface area contributed by atoms with Gasteiger partial charge >= 0.3 is 5.97 Å². The summed E-state index contributed by atoms with van der Waals surface area (Å²) in [6.07, 6.45) is 4.09. The molecule has 0 spiro atoms. The Hall–Kier alpha value is -1.89. The molecule has 1 aliphatic heterocycles. The summed E-state index contributed by atoms with van der Waals surface area (Å²) < 4.78 is 6.97. The Kier molecular flexibility index (Phi) is 4.62. The molecule has 7 nitrogen and oxygen atoms in total. The zero-order valence-corrected chi connectivity index (χ0v) is 12.3. The van der Waals surface area contributed by atoms with Crippen LogP contribution >= 0.6 is 0 Å². The number of carbonyl (C=O) groups excluding carboxylic acids is 1. The Morgan fingerprint density at radius 1 is 1.48 bits per heavy atom. The van der Waals surface area contributed by atoms with Gasteiger partial charge < -0.3 is 15.2 Å². The Balaban J connectivity index is 2.11. The fourth-order valence-corrected chi connectivity index (χ4v) is 2.45. The maximum Gasteiger partial charge on any atom is 0.305 e. The number of carboxylic acid groups (broad SMARTS) is 1. The van der Waals surface area contributed by atoms with Gasteiger partial charge in [0.15, 0.2) is 0 Å². The first kappa shape index (κ1) is 15.5. The first-order chi connectivity index (χ1) is 9.92. The Morgan fingerprint density at radius 3 is 2.67 bits per heavy atom. The monoisotopic (exact) mass is 295 g/mol. The largest absolute Gasteiger partial charge is 0.481 e. The van der Waals surface area contributed by atoms with Crippen LogP contribution in [-0.2, 0) is 9.53 Å². The van der Waals surface area contributed by atoms with E-state index in [2.05, 4.69) is 10.4 Å². The van der Waals surface area contributed by atoms with Crippen molar-refractivity contribution in [3.63, 3.8) is 0 Å². The molecular weight excluding hydrogens is 274 g/mol. The maximum absolute atomic E-state index is 12.3. The number of nitrogens with zero attached hydrogens (tertiary/aromatic N) is 2. The smallest absolute Gasteiger partial charge is 0.305 e. The summed E-state index contributed by atoms with van der Waals surface area (Å²) in [6.45, 7) is 4.86. The predicted molar refractivity (Wildman–Crippen MR) is 75.1 cm³/mol.